The molecule has 1 atom stereocenters. The summed E-state index contributed by atoms with van der Waals surface area (Å²) in [5, 5.41) is 17.4. The highest BCUT2D eigenvalue weighted by Crippen LogP contribution is 2.26. The molecule has 120 valence electrons. The second-order valence-electron chi connectivity index (χ2n) is 5.41. The zero-order valence-corrected chi connectivity index (χ0v) is 13.7. The third-order valence-electron chi connectivity index (χ3n) is 3.62. The molecule has 0 saturated heterocycles. The van der Waals surface area contributed by atoms with Crippen LogP contribution in [0, 0.1) is 6.92 Å². The Kier molecular flexibility index (Phi) is 4.24. The van der Waals surface area contributed by atoms with E-state index in [0.717, 1.165) is 28.2 Å². The number of hydrogen-bond acceptors (Lipinski definition) is 5. The first-order valence-electron chi connectivity index (χ1n) is 7.31. The third kappa shape index (κ3) is 3.65. The summed E-state index contributed by atoms with van der Waals surface area (Å²) in [6, 6.07) is 5.33. The molecular weight excluding hydrogens is 314 g/mol. The van der Waals surface area contributed by atoms with Crippen LogP contribution in [0.5, 0.6) is 0 Å². The zero-order valence-electron chi connectivity index (χ0n) is 12.8. The number of nitrogens with one attached hydrogen (secondary N) is 3. The molecule has 3 amide bonds. The van der Waals surface area contributed by atoms with Crippen LogP contribution in [0.15, 0.2) is 18.2 Å². The summed E-state index contributed by atoms with van der Waals surface area (Å²) in [6.07, 6.45) is 1.22. The molecule has 3 N–H and O–H groups in total. The number of urea groups is 1. The molecule has 1 aliphatic heterocycles. The molecule has 2 heterocycles. The minimum Gasteiger partial charge on any atom is -0.331 e. The van der Waals surface area contributed by atoms with Crippen LogP contribution in [0.25, 0.3) is 0 Å². The molecule has 0 unspecified atom stereocenters. The van der Waals surface area contributed by atoms with Crippen LogP contribution in [0.1, 0.15) is 35.5 Å². The Morgan fingerprint density at radius 3 is 2.91 bits per heavy atom. The molecule has 0 fully saturated rings. The Morgan fingerprint density at radius 1 is 1.35 bits per heavy atom. The summed E-state index contributed by atoms with van der Waals surface area (Å²) in [7, 11) is 0. The first-order chi connectivity index (χ1) is 11.0. The lowest BCUT2D eigenvalue weighted by molar-refractivity contribution is -0.116. The smallest absolute Gasteiger partial charge is 0.321 e. The standard InChI is InChI=1S/C15H17N5O2S/c1-8(16-14(22)18-15-20-19-9(2)23-15)10-3-5-12-11(7-10)4-6-13(21)17-12/h3,5,7-8H,4,6H2,1-2H3,(H,17,21)(H2,16,18,20,22)/t8-/m1/s1. The average molecular weight is 331 g/mol. The Bertz CT molecular complexity index is 758. The van der Waals surface area contributed by atoms with Gasteiger partial charge < -0.3 is 10.6 Å². The van der Waals surface area contributed by atoms with Crippen molar-refractivity contribution >= 4 is 34.1 Å². The van der Waals surface area contributed by atoms with E-state index in [1.165, 1.54) is 11.3 Å². The fraction of sp³-hybridized carbons (Fsp3) is 0.333. The molecule has 0 spiro atoms. The molecule has 1 aromatic heterocycles. The lowest BCUT2D eigenvalue weighted by atomic mass is 9.98. The normalized spacial score (nSPS) is 14.6. The van der Waals surface area contributed by atoms with Crippen molar-refractivity contribution in [3.05, 3.63) is 34.3 Å². The van der Waals surface area contributed by atoms with E-state index < -0.39 is 0 Å². The number of hydrogen-bond donors (Lipinski definition) is 3. The van der Waals surface area contributed by atoms with Gasteiger partial charge in [0.1, 0.15) is 5.01 Å². The molecule has 8 heteroatoms. The van der Waals surface area contributed by atoms with E-state index in [2.05, 4.69) is 26.1 Å². The van der Waals surface area contributed by atoms with Gasteiger partial charge in [0.05, 0.1) is 6.04 Å². The summed E-state index contributed by atoms with van der Waals surface area (Å²) < 4.78 is 0. The number of rotatable bonds is 3. The monoisotopic (exact) mass is 331 g/mol. The van der Waals surface area contributed by atoms with Gasteiger partial charge in [0.25, 0.3) is 0 Å². The van der Waals surface area contributed by atoms with E-state index in [9.17, 15) is 9.59 Å². The number of amides is 3. The number of carbonyl (C=O) groups excluding carboxylic acids is 2. The van der Waals surface area contributed by atoms with Crippen LogP contribution < -0.4 is 16.0 Å². The van der Waals surface area contributed by atoms with Crippen molar-refractivity contribution in [3.8, 4) is 0 Å². The Morgan fingerprint density at radius 2 is 2.17 bits per heavy atom. The first-order valence-corrected chi connectivity index (χ1v) is 8.13. The maximum atomic E-state index is 12.0. The molecule has 0 aliphatic carbocycles. The number of fused-ring (bicyclic) bond motifs is 1. The molecular formula is C15H17N5O2S. The fourth-order valence-corrected chi connectivity index (χ4v) is 3.02. The maximum absolute atomic E-state index is 12.0. The predicted molar refractivity (Wildman–Crippen MR) is 88.6 cm³/mol. The van der Waals surface area contributed by atoms with Crippen molar-refractivity contribution in [2.75, 3.05) is 10.6 Å². The molecule has 1 aliphatic rings. The topological polar surface area (TPSA) is 96.0 Å². The van der Waals surface area contributed by atoms with Crippen molar-refractivity contribution in [3.63, 3.8) is 0 Å². The van der Waals surface area contributed by atoms with Gasteiger partial charge in [-0.1, -0.05) is 23.5 Å². The van der Waals surface area contributed by atoms with Crippen molar-refractivity contribution in [2.45, 2.75) is 32.7 Å². The van der Waals surface area contributed by atoms with Gasteiger partial charge in [-0.2, -0.15) is 0 Å². The average Bonchev–Trinajstić information content (AvgIpc) is 2.91. The molecule has 0 bridgehead atoms. The largest absolute Gasteiger partial charge is 0.331 e. The molecule has 2 aromatic rings. The summed E-state index contributed by atoms with van der Waals surface area (Å²) in [5.74, 6) is 0.0446. The minimum atomic E-state index is -0.320. The van der Waals surface area contributed by atoms with Gasteiger partial charge in [0.2, 0.25) is 11.0 Å². The Labute approximate surface area is 137 Å². The van der Waals surface area contributed by atoms with E-state index in [1.54, 1.807) is 0 Å². The maximum Gasteiger partial charge on any atom is 0.321 e. The second-order valence-corrected chi connectivity index (χ2v) is 6.59. The van der Waals surface area contributed by atoms with E-state index in [4.69, 9.17) is 0 Å². The molecule has 23 heavy (non-hydrogen) atoms. The van der Waals surface area contributed by atoms with E-state index in [-0.39, 0.29) is 18.0 Å². The highest BCUT2D eigenvalue weighted by molar-refractivity contribution is 7.15. The quantitative estimate of drug-likeness (QED) is 0.805. The van der Waals surface area contributed by atoms with Gasteiger partial charge in [-0.3, -0.25) is 10.1 Å². The van der Waals surface area contributed by atoms with Crippen molar-refractivity contribution in [1.29, 1.82) is 0 Å². The molecule has 0 radical (unpaired) electrons. The third-order valence-corrected chi connectivity index (χ3v) is 4.37. The van der Waals surface area contributed by atoms with Crippen LogP contribution in [-0.2, 0) is 11.2 Å². The van der Waals surface area contributed by atoms with Gasteiger partial charge in [-0.25, -0.2) is 4.79 Å². The number of aromatic nitrogens is 2. The molecule has 3 rings (SSSR count). The number of aryl methyl sites for hydroxylation is 2. The lowest BCUT2D eigenvalue weighted by Crippen LogP contribution is -2.31. The zero-order chi connectivity index (χ0) is 16.4. The second kappa shape index (κ2) is 6.33. The Balaban J connectivity index is 1.65. The molecule has 0 saturated carbocycles. The number of carbonyl (C=O) groups is 2. The van der Waals surface area contributed by atoms with E-state index >= 15 is 0 Å². The minimum absolute atomic E-state index is 0.0446. The number of benzene rings is 1. The Hall–Kier alpha value is -2.48. The summed E-state index contributed by atoms with van der Waals surface area (Å²) in [4.78, 5) is 23.4. The van der Waals surface area contributed by atoms with Gasteiger partial charge in [-0.15, -0.1) is 10.2 Å². The van der Waals surface area contributed by atoms with E-state index in [0.29, 0.717) is 11.6 Å². The highest BCUT2D eigenvalue weighted by atomic mass is 32.1. The molecule has 1 aromatic carbocycles. The van der Waals surface area contributed by atoms with Crippen LogP contribution in [0.3, 0.4) is 0 Å². The SMILES string of the molecule is Cc1nnc(NC(=O)N[C@H](C)c2ccc3c(c2)CCC(=O)N3)s1. The number of nitrogens with zero attached hydrogens (tertiary/aromatic N) is 2. The fourth-order valence-electron chi connectivity index (χ4n) is 2.43. The highest BCUT2D eigenvalue weighted by Gasteiger charge is 2.17. The van der Waals surface area contributed by atoms with Crippen molar-refractivity contribution < 1.29 is 9.59 Å². The van der Waals surface area contributed by atoms with Crippen LogP contribution in [0.2, 0.25) is 0 Å². The molecule has 7 nitrogen and oxygen atoms in total. The first kappa shape index (κ1) is 15.4. The van der Waals surface area contributed by atoms with E-state index in [1.807, 2.05) is 32.0 Å². The lowest BCUT2D eigenvalue weighted by Gasteiger charge is -2.20. The van der Waals surface area contributed by atoms with Crippen LogP contribution >= 0.6 is 11.3 Å². The van der Waals surface area contributed by atoms with Gasteiger partial charge >= 0.3 is 6.03 Å². The summed E-state index contributed by atoms with van der Waals surface area (Å²) in [5.41, 5.74) is 2.94. The van der Waals surface area contributed by atoms with Gasteiger partial charge in [-0.05, 0) is 37.5 Å². The number of anilines is 2. The summed E-state index contributed by atoms with van der Waals surface area (Å²) in [6.45, 7) is 3.74. The van der Waals surface area contributed by atoms with Crippen molar-refractivity contribution in [2.24, 2.45) is 0 Å². The summed E-state index contributed by atoms with van der Waals surface area (Å²) >= 11 is 1.32. The predicted octanol–water partition coefficient (Wildman–Crippen LogP) is 2.61. The van der Waals surface area contributed by atoms with Gasteiger partial charge in [0, 0.05) is 12.1 Å². The van der Waals surface area contributed by atoms with Crippen LogP contribution in [0.4, 0.5) is 15.6 Å². The van der Waals surface area contributed by atoms with Gasteiger partial charge in [0.15, 0.2) is 0 Å². The van der Waals surface area contributed by atoms with Crippen LogP contribution in [-0.4, -0.2) is 22.1 Å². The van der Waals surface area contributed by atoms with Crippen molar-refractivity contribution in [1.82, 2.24) is 15.5 Å².